The summed E-state index contributed by atoms with van der Waals surface area (Å²) in [6.07, 6.45) is 7.78. The van der Waals surface area contributed by atoms with Crippen molar-refractivity contribution in [1.29, 1.82) is 0 Å². The molecule has 0 spiro atoms. The summed E-state index contributed by atoms with van der Waals surface area (Å²) in [5, 5.41) is 0.980. The van der Waals surface area contributed by atoms with E-state index in [4.69, 9.17) is 5.73 Å². The van der Waals surface area contributed by atoms with Crippen molar-refractivity contribution in [2.24, 2.45) is 11.7 Å². The molecule has 1 aromatic carbocycles. The topological polar surface area (TPSA) is 38.9 Å². The van der Waals surface area contributed by atoms with Crippen LogP contribution in [0.2, 0.25) is 0 Å². The zero-order valence-corrected chi connectivity index (χ0v) is 13.8. The Kier molecular flexibility index (Phi) is 5.76. The lowest BCUT2D eigenvalue weighted by Crippen LogP contribution is -2.22. The quantitative estimate of drug-likeness (QED) is 0.881. The van der Waals surface area contributed by atoms with E-state index < -0.39 is 0 Å². The van der Waals surface area contributed by atoms with Crippen LogP contribution < -0.4 is 5.73 Å². The Morgan fingerprint density at radius 1 is 1.23 bits per heavy atom. The molecule has 3 rings (SSSR count). The van der Waals surface area contributed by atoms with Crippen molar-refractivity contribution in [2.75, 3.05) is 0 Å². The molecule has 0 radical (unpaired) electrons. The maximum Gasteiger partial charge on any atom is 0.123 e. The molecule has 1 aliphatic carbocycles. The van der Waals surface area contributed by atoms with E-state index in [-0.39, 0.29) is 18.2 Å². The van der Waals surface area contributed by atoms with Crippen LogP contribution in [0.1, 0.15) is 50.5 Å². The summed E-state index contributed by atoms with van der Waals surface area (Å²) in [7, 11) is 0. The van der Waals surface area contributed by atoms with Crippen molar-refractivity contribution in [3.05, 3.63) is 41.8 Å². The molecule has 120 valence electrons. The summed E-state index contributed by atoms with van der Waals surface area (Å²) >= 11 is 0. The molecule has 1 saturated carbocycles. The van der Waals surface area contributed by atoms with E-state index >= 15 is 0 Å². The maximum atomic E-state index is 13.5. The standard InChI is InChI=1S/C18H23FN2.ClH/c1-12(20)10-13-2-4-14(5-3-13)16-8-9-21-18-7-6-15(19)11-17(16)18;/h6-9,11-14H,2-5,10,20H2,1H3;1H/t12-,13-,14+;/m1./s1. The van der Waals surface area contributed by atoms with E-state index in [2.05, 4.69) is 18.0 Å². The fourth-order valence-electron chi connectivity index (χ4n) is 3.73. The second-order valence-corrected chi connectivity index (χ2v) is 6.49. The van der Waals surface area contributed by atoms with Gasteiger partial charge in [0.05, 0.1) is 5.52 Å². The largest absolute Gasteiger partial charge is 0.328 e. The van der Waals surface area contributed by atoms with Gasteiger partial charge in [-0.2, -0.15) is 0 Å². The molecule has 2 aromatic rings. The molecule has 0 bridgehead atoms. The summed E-state index contributed by atoms with van der Waals surface area (Å²) in [5.74, 6) is 1.11. The number of aromatic nitrogens is 1. The molecule has 22 heavy (non-hydrogen) atoms. The minimum Gasteiger partial charge on any atom is -0.328 e. The third-order valence-corrected chi connectivity index (χ3v) is 4.73. The fraction of sp³-hybridized carbons (Fsp3) is 0.500. The van der Waals surface area contributed by atoms with Gasteiger partial charge < -0.3 is 5.73 Å². The molecular weight excluding hydrogens is 299 g/mol. The molecule has 1 aliphatic rings. The summed E-state index contributed by atoms with van der Waals surface area (Å²) in [6.45, 7) is 2.09. The van der Waals surface area contributed by atoms with Gasteiger partial charge in [0.25, 0.3) is 0 Å². The van der Waals surface area contributed by atoms with E-state index in [1.54, 1.807) is 12.1 Å². The van der Waals surface area contributed by atoms with Gasteiger partial charge >= 0.3 is 0 Å². The lowest BCUT2D eigenvalue weighted by Gasteiger charge is -2.30. The van der Waals surface area contributed by atoms with Crippen LogP contribution in [0.3, 0.4) is 0 Å². The number of nitrogens with zero attached hydrogens (tertiary/aromatic N) is 1. The van der Waals surface area contributed by atoms with Gasteiger partial charge in [0, 0.05) is 17.6 Å². The Balaban J connectivity index is 0.00000176. The van der Waals surface area contributed by atoms with Crippen LogP contribution in [0.25, 0.3) is 10.9 Å². The lowest BCUT2D eigenvalue weighted by molar-refractivity contribution is 0.298. The Hall–Kier alpha value is -1.19. The summed E-state index contributed by atoms with van der Waals surface area (Å²) in [6, 6.07) is 7.25. The van der Waals surface area contributed by atoms with Crippen LogP contribution in [0.5, 0.6) is 0 Å². The number of rotatable bonds is 3. The number of pyridine rings is 1. The predicted octanol–water partition coefficient (Wildman–Crippen LogP) is 4.81. The number of benzene rings is 1. The van der Waals surface area contributed by atoms with Crippen LogP contribution in [0.4, 0.5) is 4.39 Å². The second-order valence-electron chi connectivity index (χ2n) is 6.49. The monoisotopic (exact) mass is 322 g/mol. The highest BCUT2D eigenvalue weighted by Gasteiger charge is 2.24. The van der Waals surface area contributed by atoms with Crippen molar-refractivity contribution < 1.29 is 4.39 Å². The minimum absolute atomic E-state index is 0. The van der Waals surface area contributed by atoms with Crippen molar-refractivity contribution in [2.45, 2.75) is 51.0 Å². The third-order valence-electron chi connectivity index (χ3n) is 4.73. The molecule has 2 N–H and O–H groups in total. The molecule has 1 aromatic heterocycles. The van der Waals surface area contributed by atoms with Gasteiger partial charge in [0.15, 0.2) is 0 Å². The first-order valence-corrected chi connectivity index (χ1v) is 7.93. The highest BCUT2D eigenvalue weighted by Crippen LogP contribution is 2.39. The highest BCUT2D eigenvalue weighted by atomic mass is 35.5. The van der Waals surface area contributed by atoms with Gasteiger partial charge in [-0.05, 0) is 80.7 Å². The van der Waals surface area contributed by atoms with Gasteiger partial charge in [-0.25, -0.2) is 4.39 Å². The Morgan fingerprint density at radius 2 is 1.95 bits per heavy atom. The molecule has 1 atom stereocenters. The van der Waals surface area contributed by atoms with Crippen LogP contribution in [0, 0.1) is 11.7 Å². The van der Waals surface area contributed by atoms with E-state index in [1.165, 1.54) is 37.3 Å². The first kappa shape index (κ1) is 17.2. The van der Waals surface area contributed by atoms with Crippen molar-refractivity contribution in [3.8, 4) is 0 Å². The van der Waals surface area contributed by atoms with Crippen molar-refractivity contribution in [3.63, 3.8) is 0 Å². The second kappa shape index (κ2) is 7.38. The summed E-state index contributed by atoms with van der Waals surface area (Å²) in [5.41, 5.74) is 8.07. The summed E-state index contributed by atoms with van der Waals surface area (Å²) < 4.78 is 13.5. The van der Waals surface area contributed by atoms with Gasteiger partial charge in [-0.15, -0.1) is 12.4 Å². The number of fused-ring (bicyclic) bond motifs is 1. The average Bonchev–Trinajstić information content (AvgIpc) is 2.47. The first-order valence-electron chi connectivity index (χ1n) is 7.93. The zero-order valence-electron chi connectivity index (χ0n) is 13.0. The number of hydrogen-bond donors (Lipinski definition) is 1. The van der Waals surface area contributed by atoms with Gasteiger partial charge in [-0.3, -0.25) is 4.98 Å². The van der Waals surface area contributed by atoms with Gasteiger partial charge in [0.2, 0.25) is 0 Å². The Bertz CT molecular complexity index is 622. The van der Waals surface area contributed by atoms with Crippen LogP contribution >= 0.6 is 12.4 Å². The molecule has 0 amide bonds. The molecule has 2 nitrogen and oxygen atoms in total. The fourth-order valence-corrected chi connectivity index (χ4v) is 3.73. The molecule has 1 heterocycles. The molecule has 0 aliphatic heterocycles. The van der Waals surface area contributed by atoms with E-state index in [0.717, 1.165) is 23.2 Å². The van der Waals surface area contributed by atoms with Gasteiger partial charge in [0.1, 0.15) is 5.82 Å². The Labute approximate surface area is 137 Å². The predicted molar refractivity (Wildman–Crippen MR) is 91.9 cm³/mol. The van der Waals surface area contributed by atoms with Crippen LogP contribution in [0.15, 0.2) is 30.5 Å². The van der Waals surface area contributed by atoms with Crippen molar-refractivity contribution >= 4 is 23.3 Å². The first-order chi connectivity index (χ1) is 10.1. The molecule has 4 heteroatoms. The molecule has 0 unspecified atom stereocenters. The average molecular weight is 323 g/mol. The van der Waals surface area contributed by atoms with E-state index in [9.17, 15) is 4.39 Å². The van der Waals surface area contributed by atoms with E-state index in [1.807, 2.05) is 6.20 Å². The normalized spacial score (nSPS) is 23.0. The zero-order chi connectivity index (χ0) is 14.8. The number of nitrogens with two attached hydrogens (primary N) is 1. The molecule has 0 saturated heterocycles. The number of hydrogen-bond acceptors (Lipinski definition) is 2. The molecular formula is C18H24ClFN2. The molecule has 1 fully saturated rings. The minimum atomic E-state index is -0.178. The van der Waals surface area contributed by atoms with Crippen molar-refractivity contribution in [1.82, 2.24) is 4.98 Å². The maximum absolute atomic E-state index is 13.5. The van der Waals surface area contributed by atoms with Crippen LogP contribution in [-0.4, -0.2) is 11.0 Å². The SMILES string of the molecule is C[C@@H](N)C[C@H]1CC[C@@H](c2ccnc3ccc(F)cc32)CC1.Cl. The van der Waals surface area contributed by atoms with Gasteiger partial charge in [-0.1, -0.05) is 0 Å². The van der Waals surface area contributed by atoms with E-state index in [0.29, 0.717) is 12.0 Å². The Morgan fingerprint density at radius 3 is 2.64 bits per heavy atom. The summed E-state index contributed by atoms with van der Waals surface area (Å²) in [4.78, 5) is 4.35. The highest BCUT2D eigenvalue weighted by molar-refractivity contribution is 5.85. The third kappa shape index (κ3) is 3.76. The lowest BCUT2D eigenvalue weighted by atomic mass is 9.76. The smallest absolute Gasteiger partial charge is 0.123 e. The number of halogens is 2. The van der Waals surface area contributed by atoms with Crippen LogP contribution in [-0.2, 0) is 0 Å².